The number of nitrogens with one attached hydrogen (secondary N) is 2. The highest BCUT2D eigenvalue weighted by atomic mass is 16.3. The molecule has 0 aromatic heterocycles. The van der Waals surface area contributed by atoms with Crippen molar-refractivity contribution >= 4 is 0 Å². The maximum Gasteiger partial charge on any atom is 0.0853 e. The molecule has 8 N–H and O–H groups in total. The minimum absolute atomic E-state index is 0.192. The lowest BCUT2D eigenvalue weighted by Crippen LogP contribution is -2.50. The van der Waals surface area contributed by atoms with Gasteiger partial charge in [-0.3, -0.25) is 11.3 Å². The van der Waals surface area contributed by atoms with Crippen molar-refractivity contribution < 1.29 is 10.2 Å². The molecule has 12 heavy (non-hydrogen) atoms. The molecule has 0 aliphatic carbocycles. The third-order valence-electron chi connectivity index (χ3n) is 1.55. The first-order chi connectivity index (χ1) is 5.76. The Morgan fingerprint density at radius 2 is 2.08 bits per heavy atom. The number of aliphatic hydroxyl groups is 2. The van der Waals surface area contributed by atoms with E-state index >= 15 is 0 Å². The Kier molecular flexibility index (Phi) is 7.26. The van der Waals surface area contributed by atoms with E-state index in [9.17, 15) is 5.11 Å². The third kappa shape index (κ3) is 4.60. The van der Waals surface area contributed by atoms with Gasteiger partial charge in [0.15, 0.2) is 0 Å². The summed E-state index contributed by atoms with van der Waals surface area (Å²) >= 11 is 0. The highest BCUT2D eigenvalue weighted by Gasteiger charge is 2.15. The number of nitrogens with two attached hydrogens (primary N) is 2. The van der Waals surface area contributed by atoms with Gasteiger partial charge in [-0.2, -0.15) is 0 Å². The second-order valence-corrected chi connectivity index (χ2v) is 2.52. The van der Waals surface area contributed by atoms with Gasteiger partial charge in [-0.25, -0.2) is 0 Å². The first-order valence-electron chi connectivity index (χ1n) is 3.92. The van der Waals surface area contributed by atoms with Crippen LogP contribution in [0, 0.1) is 0 Å². The molecule has 0 spiro atoms. The molecule has 0 aromatic rings. The van der Waals surface area contributed by atoms with Gasteiger partial charge in [0.1, 0.15) is 0 Å². The highest BCUT2D eigenvalue weighted by molar-refractivity contribution is 4.74. The zero-order valence-corrected chi connectivity index (χ0v) is 7.03. The van der Waals surface area contributed by atoms with E-state index in [-0.39, 0.29) is 6.61 Å². The maximum absolute atomic E-state index is 9.33. The summed E-state index contributed by atoms with van der Waals surface area (Å²) in [7, 11) is 0. The summed E-state index contributed by atoms with van der Waals surface area (Å²) in [4.78, 5) is 0. The molecule has 0 fully saturated rings. The molecule has 0 aliphatic heterocycles. The van der Waals surface area contributed by atoms with Gasteiger partial charge in [0.2, 0.25) is 0 Å². The molecular formula is C6H18N4O2. The lowest BCUT2D eigenvalue weighted by Gasteiger charge is -2.19. The van der Waals surface area contributed by atoms with Crippen molar-refractivity contribution in [2.75, 3.05) is 26.2 Å². The fourth-order valence-electron chi connectivity index (χ4n) is 0.780. The SMILES string of the molecule is NCCNCC(O)C(CO)NN. The summed E-state index contributed by atoms with van der Waals surface area (Å²) in [5, 5.41) is 20.9. The molecule has 0 rings (SSSR count). The quantitative estimate of drug-likeness (QED) is 0.138. The Morgan fingerprint density at radius 3 is 2.50 bits per heavy atom. The summed E-state index contributed by atoms with van der Waals surface area (Å²) in [5.41, 5.74) is 7.53. The first-order valence-corrected chi connectivity index (χ1v) is 3.92. The molecule has 0 aliphatic rings. The van der Waals surface area contributed by atoms with Crippen LogP contribution in [0.4, 0.5) is 0 Å². The fourth-order valence-corrected chi connectivity index (χ4v) is 0.780. The molecule has 0 aromatic carbocycles. The Morgan fingerprint density at radius 1 is 1.42 bits per heavy atom. The van der Waals surface area contributed by atoms with Crippen molar-refractivity contribution in [1.29, 1.82) is 0 Å². The number of hydrogen-bond acceptors (Lipinski definition) is 6. The first kappa shape index (κ1) is 11.8. The minimum atomic E-state index is -0.702. The van der Waals surface area contributed by atoms with E-state index in [1.807, 2.05) is 0 Å². The van der Waals surface area contributed by atoms with Crippen molar-refractivity contribution in [3.05, 3.63) is 0 Å². The van der Waals surface area contributed by atoms with Gasteiger partial charge in [0.25, 0.3) is 0 Å². The molecule has 0 amide bonds. The average Bonchev–Trinajstić information content (AvgIpc) is 2.07. The van der Waals surface area contributed by atoms with Crippen molar-refractivity contribution in [2.24, 2.45) is 11.6 Å². The average molecular weight is 178 g/mol. The van der Waals surface area contributed by atoms with Crippen LogP contribution in [-0.2, 0) is 0 Å². The molecule has 6 heteroatoms. The monoisotopic (exact) mass is 178 g/mol. The standard InChI is InChI=1S/C6H18N4O2/c7-1-2-9-3-6(12)5(4-11)10-8/h5-6,9-12H,1-4,7-8H2. The molecule has 0 saturated carbocycles. The van der Waals surface area contributed by atoms with E-state index in [0.717, 1.165) is 0 Å². The third-order valence-corrected chi connectivity index (χ3v) is 1.55. The Hall–Kier alpha value is -0.240. The predicted octanol–water partition coefficient (Wildman–Crippen LogP) is -3.28. The van der Waals surface area contributed by atoms with Crippen molar-refractivity contribution in [2.45, 2.75) is 12.1 Å². The maximum atomic E-state index is 9.33. The summed E-state index contributed by atoms with van der Waals surface area (Å²) < 4.78 is 0. The van der Waals surface area contributed by atoms with E-state index in [0.29, 0.717) is 19.6 Å². The summed E-state index contributed by atoms with van der Waals surface area (Å²) in [6, 6.07) is -0.490. The summed E-state index contributed by atoms with van der Waals surface area (Å²) in [6.45, 7) is 1.33. The van der Waals surface area contributed by atoms with Crippen molar-refractivity contribution in [3.8, 4) is 0 Å². The van der Waals surface area contributed by atoms with Gasteiger partial charge >= 0.3 is 0 Å². The lowest BCUT2D eigenvalue weighted by atomic mass is 10.2. The molecule has 0 radical (unpaired) electrons. The zero-order chi connectivity index (χ0) is 9.40. The van der Waals surface area contributed by atoms with Gasteiger partial charge in [-0.05, 0) is 0 Å². The molecule has 2 unspecified atom stereocenters. The van der Waals surface area contributed by atoms with Crippen LogP contribution in [0.25, 0.3) is 0 Å². The largest absolute Gasteiger partial charge is 0.395 e. The Bertz CT molecular complexity index is 99.5. The van der Waals surface area contributed by atoms with Crippen LogP contribution in [0.2, 0.25) is 0 Å². The summed E-state index contributed by atoms with van der Waals surface area (Å²) in [6.07, 6.45) is -0.702. The second-order valence-electron chi connectivity index (χ2n) is 2.52. The van der Waals surface area contributed by atoms with Crippen LogP contribution in [0.3, 0.4) is 0 Å². The molecule has 0 heterocycles. The number of hydrogen-bond donors (Lipinski definition) is 6. The van der Waals surface area contributed by atoms with E-state index in [1.54, 1.807) is 0 Å². The number of hydrazine groups is 1. The molecule has 6 nitrogen and oxygen atoms in total. The topological polar surface area (TPSA) is 117 Å². The molecule has 0 bridgehead atoms. The van der Waals surface area contributed by atoms with Crippen molar-refractivity contribution in [3.63, 3.8) is 0 Å². The molecule has 0 saturated heterocycles. The van der Waals surface area contributed by atoms with E-state index in [1.165, 1.54) is 0 Å². The van der Waals surface area contributed by atoms with Gasteiger partial charge in [-0.1, -0.05) is 0 Å². The molecular weight excluding hydrogens is 160 g/mol. The van der Waals surface area contributed by atoms with Crippen LogP contribution in [0.5, 0.6) is 0 Å². The van der Waals surface area contributed by atoms with Crippen LogP contribution >= 0.6 is 0 Å². The predicted molar refractivity (Wildman–Crippen MR) is 46.1 cm³/mol. The van der Waals surface area contributed by atoms with Crippen LogP contribution in [-0.4, -0.2) is 48.6 Å². The number of rotatable bonds is 7. The molecule has 74 valence electrons. The highest BCUT2D eigenvalue weighted by Crippen LogP contribution is 1.88. The van der Waals surface area contributed by atoms with Crippen molar-refractivity contribution in [1.82, 2.24) is 10.7 Å². The van der Waals surface area contributed by atoms with E-state index in [4.69, 9.17) is 16.7 Å². The van der Waals surface area contributed by atoms with Crippen LogP contribution < -0.4 is 22.3 Å². The zero-order valence-electron chi connectivity index (χ0n) is 7.03. The van der Waals surface area contributed by atoms with E-state index in [2.05, 4.69) is 10.7 Å². The van der Waals surface area contributed by atoms with E-state index < -0.39 is 12.1 Å². The normalized spacial score (nSPS) is 16.0. The van der Waals surface area contributed by atoms with Crippen LogP contribution in [0.15, 0.2) is 0 Å². The van der Waals surface area contributed by atoms with Gasteiger partial charge in [0, 0.05) is 19.6 Å². The second kappa shape index (κ2) is 7.41. The lowest BCUT2D eigenvalue weighted by molar-refractivity contribution is 0.0899. The smallest absolute Gasteiger partial charge is 0.0853 e. The molecule has 2 atom stereocenters. The fraction of sp³-hybridized carbons (Fsp3) is 1.00. The minimum Gasteiger partial charge on any atom is -0.395 e. The number of aliphatic hydroxyl groups excluding tert-OH is 2. The van der Waals surface area contributed by atoms with Gasteiger partial charge in [-0.15, -0.1) is 0 Å². The Balaban J connectivity index is 3.47. The Labute approximate surface area is 71.9 Å². The van der Waals surface area contributed by atoms with Crippen LogP contribution in [0.1, 0.15) is 0 Å². The van der Waals surface area contributed by atoms with Gasteiger partial charge in [0.05, 0.1) is 18.8 Å². The summed E-state index contributed by atoms with van der Waals surface area (Å²) in [5.74, 6) is 5.07. The van der Waals surface area contributed by atoms with Gasteiger partial charge < -0.3 is 21.3 Å².